The monoisotopic (exact) mass is 198 g/mol. The molecule has 0 amide bonds. The molecule has 0 bridgehead atoms. The van der Waals surface area contributed by atoms with E-state index in [0.717, 1.165) is 16.7 Å². The molecular formula is C12H10N2O. The van der Waals surface area contributed by atoms with Crippen molar-refractivity contribution in [2.75, 3.05) is 6.54 Å². The second kappa shape index (κ2) is 4.45. The Morgan fingerprint density at radius 3 is 3.07 bits per heavy atom. The highest BCUT2D eigenvalue weighted by molar-refractivity contribution is 5.69. The summed E-state index contributed by atoms with van der Waals surface area (Å²) in [5.74, 6) is 5.80. The summed E-state index contributed by atoms with van der Waals surface area (Å²) in [6.07, 6.45) is 6.78. The summed E-state index contributed by atoms with van der Waals surface area (Å²) in [6.45, 7) is 0.347. The Morgan fingerprint density at radius 2 is 2.33 bits per heavy atom. The highest BCUT2D eigenvalue weighted by Crippen LogP contribution is 2.22. The van der Waals surface area contributed by atoms with Gasteiger partial charge in [0, 0.05) is 23.5 Å². The van der Waals surface area contributed by atoms with Gasteiger partial charge in [-0.3, -0.25) is 4.98 Å². The van der Waals surface area contributed by atoms with Crippen LogP contribution in [0.25, 0.3) is 11.1 Å². The molecule has 0 saturated heterocycles. The number of hydrogen-bond donors (Lipinski definition) is 1. The highest BCUT2D eigenvalue weighted by atomic mass is 16.3. The Balaban J connectivity index is 2.47. The van der Waals surface area contributed by atoms with E-state index in [0.29, 0.717) is 6.54 Å². The van der Waals surface area contributed by atoms with Gasteiger partial charge in [0.05, 0.1) is 24.6 Å². The molecule has 2 aromatic rings. The molecule has 0 aliphatic heterocycles. The normalized spacial score (nSPS) is 9.40. The van der Waals surface area contributed by atoms with Crippen molar-refractivity contribution in [3.63, 3.8) is 0 Å². The summed E-state index contributed by atoms with van der Waals surface area (Å²) < 4.78 is 5.04. The lowest BCUT2D eigenvalue weighted by molar-refractivity contribution is 0.568. The first-order valence-electron chi connectivity index (χ1n) is 4.57. The third-order valence-corrected chi connectivity index (χ3v) is 1.98. The SMILES string of the molecule is NCC#Cc1cnccc1-c1ccoc1. The largest absolute Gasteiger partial charge is 0.472 e. The number of pyridine rings is 1. The molecule has 2 aromatic heterocycles. The maximum Gasteiger partial charge on any atom is 0.0981 e. The van der Waals surface area contributed by atoms with E-state index in [1.165, 1.54) is 0 Å². The predicted molar refractivity (Wildman–Crippen MR) is 57.9 cm³/mol. The maximum absolute atomic E-state index is 5.33. The van der Waals surface area contributed by atoms with Gasteiger partial charge in [-0.25, -0.2) is 0 Å². The van der Waals surface area contributed by atoms with Crippen LogP contribution in [0, 0.1) is 11.8 Å². The van der Waals surface area contributed by atoms with Gasteiger partial charge in [0.1, 0.15) is 0 Å². The first-order chi connectivity index (χ1) is 7.42. The van der Waals surface area contributed by atoms with E-state index in [1.807, 2.05) is 12.1 Å². The molecular weight excluding hydrogens is 188 g/mol. The van der Waals surface area contributed by atoms with Crippen LogP contribution < -0.4 is 5.73 Å². The van der Waals surface area contributed by atoms with Gasteiger partial charge < -0.3 is 10.2 Å². The van der Waals surface area contributed by atoms with Gasteiger partial charge >= 0.3 is 0 Å². The lowest BCUT2D eigenvalue weighted by atomic mass is 10.1. The predicted octanol–water partition coefficient (Wildman–Crippen LogP) is 1.65. The quantitative estimate of drug-likeness (QED) is 0.709. The number of nitrogens with two attached hydrogens (primary N) is 1. The van der Waals surface area contributed by atoms with Gasteiger partial charge in [0.25, 0.3) is 0 Å². The summed E-state index contributed by atoms with van der Waals surface area (Å²) >= 11 is 0. The zero-order chi connectivity index (χ0) is 10.5. The van der Waals surface area contributed by atoms with Crippen molar-refractivity contribution in [1.29, 1.82) is 0 Å². The summed E-state index contributed by atoms with van der Waals surface area (Å²) in [6, 6.07) is 3.80. The zero-order valence-corrected chi connectivity index (χ0v) is 8.10. The third kappa shape index (κ3) is 2.06. The minimum Gasteiger partial charge on any atom is -0.472 e. The molecule has 2 rings (SSSR count). The van der Waals surface area contributed by atoms with Crippen LogP contribution in [0.5, 0.6) is 0 Å². The number of aromatic nitrogens is 1. The van der Waals surface area contributed by atoms with Crippen LogP contribution in [-0.4, -0.2) is 11.5 Å². The standard InChI is InChI=1S/C12H10N2O/c13-5-1-2-10-8-14-6-3-12(10)11-4-7-15-9-11/h3-4,6-9H,5,13H2. The van der Waals surface area contributed by atoms with Crippen LogP contribution in [0.15, 0.2) is 41.5 Å². The van der Waals surface area contributed by atoms with E-state index >= 15 is 0 Å². The molecule has 0 unspecified atom stereocenters. The van der Waals surface area contributed by atoms with E-state index in [1.54, 1.807) is 24.9 Å². The number of nitrogens with zero attached hydrogens (tertiary/aromatic N) is 1. The Labute approximate surface area is 87.9 Å². The molecule has 0 spiro atoms. The van der Waals surface area contributed by atoms with Gasteiger partial charge in [0.15, 0.2) is 0 Å². The van der Waals surface area contributed by atoms with E-state index in [-0.39, 0.29) is 0 Å². The number of hydrogen-bond acceptors (Lipinski definition) is 3. The van der Waals surface area contributed by atoms with Gasteiger partial charge in [0.2, 0.25) is 0 Å². The molecule has 3 nitrogen and oxygen atoms in total. The van der Waals surface area contributed by atoms with Crippen molar-refractivity contribution in [1.82, 2.24) is 4.98 Å². The van der Waals surface area contributed by atoms with Gasteiger partial charge in [-0.15, -0.1) is 0 Å². The molecule has 74 valence electrons. The van der Waals surface area contributed by atoms with Crippen LogP contribution in [0.3, 0.4) is 0 Å². The summed E-state index contributed by atoms with van der Waals surface area (Å²) in [4.78, 5) is 4.03. The number of furan rings is 1. The molecule has 0 aromatic carbocycles. The second-order valence-corrected chi connectivity index (χ2v) is 2.94. The first-order valence-corrected chi connectivity index (χ1v) is 4.57. The maximum atomic E-state index is 5.33. The topological polar surface area (TPSA) is 52.0 Å². The molecule has 0 radical (unpaired) electrons. The molecule has 3 heteroatoms. The van der Waals surface area contributed by atoms with E-state index in [9.17, 15) is 0 Å². The molecule has 0 atom stereocenters. The van der Waals surface area contributed by atoms with Crippen molar-refractivity contribution in [2.45, 2.75) is 0 Å². The van der Waals surface area contributed by atoms with E-state index in [4.69, 9.17) is 10.2 Å². The average Bonchev–Trinajstić information content (AvgIpc) is 2.80. The fourth-order valence-electron chi connectivity index (χ4n) is 1.31. The lowest BCUT2D eigenvalue weighted by Gasteiger charge is -1.99. The lowest BCUT2D eigenvalue weighted by Crippen LogP contribution is -1.93. The molecule has 2 N–H and O–H groups in total. The molecule has 2 heterocycles. The molecule has 0 fully saturated rings. The van der Waals surface area contributed by atoms with Crippen molar-refractivity contribution in [3.8, 4) is 23.0 Å². The van der Waals surface area contributed by atoms with Crippen molar-refractivity contribution in [2.24, 2.45) is 5.73 Å². The minimum absolute atomic E-state index is 0.347. The fourth-order valence-corrected chi connectivity index (χ4v) is 1.31. The minimum atomic E-state index is 0.347. The van der Waals surface area contributed by atoms with Gasteiger partial charge in [-0.05, 0) is 12.1 Å². The summed E-state index contributed by atoms with van der Waals surface area (Å²) in [5.41, 5.74) is 8.21. The Hall–Kier alpha value is -2.05. The molecule has 0 aliphatic carbocycles. The zero-order valence-electron chi connectivity index (χ0n) is 8.10. The molecule has 15 heavy (non-hydrogen) atoms. The Kier molecular flexibility index (Phi) is 2.82. The number of rotatable bonds is 1. The van der Waals surface area contributed by atoms with Crippen molar-refractivity contribution in [3.05, 3.63) is 42.6 Å². The van der Waals surface area contributed by atoms with E-state index in [2.05, 4.69) is 16.8 Å². The Morgan fingerprint density at radius 1 is 1.40 bits per heavy atom. The van der Waals surface area contributed by atoms with Crippen LogP contribution in [0.4, 0.5) is 0 Å². The van der Waals surface area contributed by atoms with Gasteiger partial charge in [-0.1, -0.05) is 11.8 Å². The highest BCUT2D eigenvalue weighted by Gasteiger charge is 2.03. The van der Waals surface area contributed by atoms with Crippen LogP contribution >= 0.6 is 0 Å². The van der Waals surface area contributed by atoms with Gasteiger partial charge in [-0.2, -0.15) is 0 Å². The molecule has 0 saturated carbocycles. The summed E-state index contributed by atoms with van der Waals surface area (Å²) in [7, 11) is 0. The van der Waals surface area contributed by atoms with Crippen LogP contribution in [0.1, 0.15) is 5.56 Å². The first kappa shape index (κ1) is 9.50. The smallest absolute Gasteiger partial charge is 0.0981 e. The second-order valence-electron chi connectivity index (χ2n) is 2.94. The molecule has 0 aliphatic rings. The van der Waals surface area contributed by atoms with Crippen LogP contribution in [-0.2, 0) is 0 Å². The third-order valence-electron chi connectivity index (χ3n) is 1.98. The Bertz CT molecular complexity index is 492. The van der Waals surface area contributed by atoms with Crippen molar-refractivity contribution < 1.29 is 4.42 Å². The van der Waals surface area contributed by atoms with Crippen molar-refractivity contribution >= 4 is 0 Å². The average molecular weight is 198 g/mol. The fraction of sp³-hybridized carbons (Fsp3) is 0.0833. The van der Waals surface area contributed by atoms with Crippen LogP contribution in [0.2, 0.25) is 0 Å². The summed E-state index contributed by atoms with van der Waals surface area (Å²) in [5, 5.41) is 0. The van der Waals surface area contributed by atoms with E-state index < -0.39 is 0 Å².